The molecule has 2 aromatic rings. The van der Waals surface area contributed by atoms with Crippen molar-refractivity contribution in [2.45, 2.75) is 30.7 Å². The summed E-state index contributed by atoms with van der Waals surface area (Å²) >= 11 is 1.59. The molecule has 3 rings (SSSR count). The van der Waals surface area contributed by atoms with Gasteiger partial charge in [0.1, 0.15) is 10.7 Å². The Labute approximate surface area is 144 Å². The van der Waals surface area contributed by atoms with Crippen LogP contribution in [0.1, 0.15) is 24.1 Å². The zero-order valence-electron chi connectivity index (χ0n) is 12.9. The molecule has 1 aliphatic heterocycles. The highest BCUT2D eigenvalue weighted by molar-refractivity contribution is 7.90. The standard InChI is InChI=1S/C16H17N3O3S2/c20-16(17-11-12-5-4-10-23-12)9-3-8-15-18-13-6-1-2-7-14(13)24(21,22)19-15/h1-2,4-7,10H,3,8-9,11H2,(H,17,20)(H,18,19). The van der Waals surface area contributed by atoms with Gasteiger partial charge in [0.05, 0.1) is 12.2 Å². The van der Waals surface area contributed by atoms with Crippen LogP contribution in [-0.4, -0.2) is 20.2 Å². The fourth-order valence-electron chi connectivity index (χ4n) is 2.38. The fraction of sp³-hybridized carbons (Fsp3) is 0.250. The predicted molar refractivity (Wildman–Crippen MR) is 94.7 cm³/mol. The number of anilines is 1. The average molecular weight is 363 g/mol. The molecule has 0 radical (unpaired) electrons. The van der Waals surface area contributed by atoms with Gasteiger partial charge in [-0.1, -0.05) is 18.2 Å². The molecule has 1 aromatic carbocycles. The summed E-state index contributed by atoms with van der Waals surface area (Å²) in [6.07, 6.45) is 1.26. The van der Waals surface area contributed by atoms with Crippen LogP contribution in [0, 0.1) is 0 Å². The van der Waals surface area contributed by atoms with Crippen LogP contribution in [0.25, 0.3) is 0 Å². The van der Waals surface area contributed by atoms with Crippen LogP contribution in [0.5, 0.6) is 0 Å². The van der Waals surface area contributed by atoms with Crippen molar-refractivity contribution in [3.05, 3.63) is 46.7 Å². The molecule has 0 atom stereocenters. The summed E-state index contributed by atoms with van der Waals surface area (Å²) in [5, 5.41) is 7.83. The lowest BCUT2D eigenvalue weighted by Crippen LogP contribution is -2.24. The Balaban J connectivity index is 1.50. The summed E-state index contributed by atoms with van der Waals surface area (Å²) in [6, 6.07) is 10.6. The Kier molecular flexibility index (Phi) is 4.96. The van der Waals surface area contributed by atoms with Gasteiger partial charge in [0.25, 0.3) is 10.0 Å². The predicted octanol–water partition coefficient (Wildman–Crippen LogP) is 2.75. The Morgan fingerprint density at radius 2 is 2.04 bits per heavy atom. The molecule has 0 saturated heterocycles. The van der Waals surface area contributed by atoms with Gasteiger partial charge in [0.2, 0.25) is 5.91 Å². The van der Waals surface area contributed by atoms with Crippen LogP contribution in [-0.2, 0) is 21.4 Å². The smallest absolute Gasteiger partial charge is 0.286 e. The van der Waals surface area contributed by atoms with Crippen molar-refractivity contribution in [1.29, 1.82) is 0 Å². The second-order valence-corrected chi connectivity index (χ2v) is 7.95. The molecule has 0 bridgehead atoms. The van der Waals surface area contributed by atoms with Gasteiger partial charge in [-0.3, -0.25) is 4.79 Å². The fourth-order valence-corrected chi connectivity index (χ4v) is 4.20. The normalized spacial score (nSPS) is 15.1. The zero-order valence-corrected chi connectivity index (χ0v) is 14.5. The number of amidine groups is 1. The molecule has 1 aliphatic rings. The van der Waals surface area contributed by atoms with Crippen molar-refractivity contribution in [3.8, 4) is 0 Å². The van der Waals surface area contributed by atoms with Crippen molar-refractivity contribution in [2.24, 2.45) is 4.40 Å². The van der Waals surface area contributed by atoms with Gasteiger partial charge in [-0.15, -0.1) is 15.7 Å². The second-order valence-electron chi connectivity index (χ2n) is 5.34. The second kappa shape index (κ2) is 7.14. The summed E-state index contributed by atoms with van der Waals surface area (Å²) in [5.41, 5.74) is 0.532. The van der Waals surface area contributed by atoms with Crippen LogP contribution in [0.3, 0.4) is 0 Å². The van der Waals surface area contributed by atoms with Gasteiger partial charge in [-0.2, -0.15) is 8.42 Å². The first kappa shape index (κ1) is 16.7. The van der Waals surface area contributed by atoms with Crippen LogP contribution in [0.4, 0.5) is 5.69 Å². The molecule has 1 aromatic heterocycles. The summed E-state index contributed by atoms with van der Waals surface area (Å²) in [7, 11) is -3.66. The molecule has 24 heavy (non-hydrogen) atoms. The molecule has 0 aliphatic carbocycles. The Hall–Kier alpha value is -2.19. The number of carbonyl (C=O) groups is 1. The molecular formula is C16H17N3O3S2. The molecule has 0 unspecified atom stereocenters. The number of rotatable bonds is 6. The third-order valence-corrected chi connectivity index (χ3v) is 5.78. The molecule has 0 saturated carbocycles. The number of amides is 1. The molecule has 1 amide bonds. The van der Waals surface area contributed by atoms with E-state index in [0.717, 1.165) is 4.88 Å². The summed E-state index contributed by atoms with van der Waals surface area (Å²) < 4.78 is 28.0. The largest absolute Gasteiger partial charge is 0.351 e. The average Bonchev–Trinajstić information content (AvgIpc) is 3.06. The zero-order chi connectivity index (χ0) is 17.0. The lowest BCUT2D eigenvalue weighted by Gasteiger charge is -2.17. The molecule has 8 heteroatoms. The van der Waals surface area contributed by atoms with E-state index in [2.05, 4.69) is 15.0 Å². The van der Waals surface area contributed by atoms with E-state index >= 15 is 0 Å². The van der Waals surface area contributed by atoms with E-state index in [-0.39, 0.29) is 10.8 Å². The van der Waals surface area contributed by atoms with E-state index in [0.29, 0.717) is 37.3 Å². The maximum Gasteiger partial charge on any atom is 0.286 e. The topological polar surface area (TPSA) is 87.6 Å². The van der Waals surface area contributed by atoms with E-state index in [1.165, 1.54) is 6.07 Å². The van der Waals surface area contributed by atoms with E-state index in [4.69, 9.17) is 0 Å². The van der Waals surface area contributed by atoms with Crippen LogP contribution in [0.15, 0.2) is 51.1 Å². The summed E-state index contributed by atoms with van der Waals surface area (Å²) in [5.74, 6) is 0.322. The quantitative estimate of drug-likeness (QED) is 0.826. The number of nitrogens with one attached hydrogen (secondary N) is 2. The van der Waals surface area contributed by atoms with E-state index in [1.807, 2.05) is 17.5 Å². The highest BCUT2D eigenvalue weighted by Crippen LogP contribution is 2.27. The minimum Gasteiger partial charge on any atom is -0.351 e. The Bertz CT molecular complexity index is 858. The number of carbonyl (C=O) groups excluding carboxylic acids is 1. The van der Waals surface area contributed by atoms with Gasteiger partial charge in [-0.05, 0) is 30.0 Å². The van der Waals surface area contributed by atoms with Crippen LogP contribution >= 0.6 is 11.3 Å². The lowest BCUT2D eigenvalue weighted by molar-refractivity contribution is -0.121. The van der Waals surface area contributed by atoms with Crippen LogP contribution < -0.4 is 10.6 Å². The third-order valence-electron chi connectivity index (χ3n) is 3.53. The molecule has 2 N–H and O–H groups in total. The number of nitrogens with zero attached hydrogens (tertiary/aromatic N) is 1. The van der Waals surface area contributed by atoms with Crippen molar-refractivity contribution < 1.29 is 13.2 Å². The minimum atomic E-state index is -3.66. The SMILES string of the molecule is O=C(CCCC1=NS(=O)(=O)c2ccccc2N1)NCc1cccs1. The first-order chi connectivity index (χ1) is 11.5. The van der Waals surface area contributed by atoms with Crippen molar-refractivity contribution in [1.82, 2.24) is 5.32 Å². The maximum atomic E-state index is 12.1. The maximum absolute atomic E-state index is 12.1. The number of hydrogen-bond acceptors (Lipinski definition) is 5. The molecule has 0 spiro atoms. The minimum absolute atomic E-state index is 0.0527. The van der Waals surface area contributed by atoms with E-state index in [1.54, 1.807) is 29.5 Å². The van der Waals surface area contributed by atoms with Crippen molar-refractivity contribution >= 4 is 38.8 Å². The third kappa shape index (κ3) is 4.01. The summed E-state index contributed by atoms with van der Waals surface area (Å²) in [4.78, 5) is 13.1. The number of para-hydroxylation sites is 1. The summed E-state index contributed by atoms with van der Waals surface area (Å²) in [6.45, 7) is 0.525. The molecular weight excluding hydrogens is 346 g/mol. The van der Waals surface area contributed by atoms with Gasteiger partial charge < -0.3 is 10.6 Å². The number of fused-ring (bicyclic) bond motifs is 1. The molecule has 126 valence electrons. The van der Waals surface area contributed by atoms with Gasteiger partial charge in [-0.25, -0.2) is 0 Å². The number of benzene rings is 1. The first-order valence-electron chi connectivity index (χ1n) is 7.53. The number of sulfonamides is 1. The molecule has 2 heterocycles. The van der Waals surface area contributed by atoms with Gasteiger partial charge in [0, 0.05) is 17.7 Å². The number of hydrogen-bond donors (Lipinski definition) is 2. The molecule has 6 nitrogen and oxygen atoms in total. The first-order valence-corrected chi connectivity index (χ1v) is 9.85. The van der Waals surface area contributed by atoms with Crippen molar-refractivity contribution in [3.63, 3.8) is 0 Å². The van der Waals surface area contributed by atoms with E-state index in [9.17, 15) is 13.2 Å². The highest BCUT2D eigenvalue weighted by Gasteiger charge is 2.23. The van der Waals surface area contributed by atoms with E-state index < -0.39 is 10.0 Å². The Morgan fingerprint density at radius 1 is 1.21 bits per heavy atom. The van der Waals surface area contributed by atoms with Gasteiger partial charge >= 0.3 is 0 Å². The van der Waals surface area contributed by atoms with Gasteiger partial charge in [0.15, 0.2) is 0 Å². The van der Waals surface area contributed by atoms with Crippen LogP contribution in [0.2, 0.25) is 0 Å². The number of thiophene rings is 1. The lowest BCUT2D eigenvalue weighted by atomic mass is 10.2. The monoisotopic (exact) mass is 363 g/mol. The Morgan fingerprint density at radius 3 is 2.83 bits per heavy atom. The van der Waals surface area contributed by atoms with Crippen molar-refractivity contribution in [2.75, 3.05) is 5.32 Å². The molecule has 0 fully saturated rings. The highest BCUT2D eigenvalue weighted by atomic mass is 32.2.